The lowest BCUT2D eigenvalue weighted by atomic mass is 9.79. The van der Waals surface area contributed by atoms with Crippen molar-refractivity contribution in [2.75, 3.05) is 6.61 Å². The number of carbonyl (C=O) groups is 1. The summed E-state index contributed by atoms with van der Waals surface area (Å²) < 4.78 is 4.95. The minimum absolute atomic E-state index is 0.167. The van der Waals surface area contributed by atoms with E-state index in [-0.39, 0.29) is 11.4 Å². The van der Waals surface area contributed by atoms with Gasteiger partial charge in [0.15, 0.2) is 0 Å². The lowest BCUT2D eigenvalue weighted by molar-refractivity contribution is 0.0526. The first-order valence-corrected chi connectivity index (χ1v) is 9.57. The maximum Gasteiger partial charge on any atom is 0.339 e. The van der Waals surface area contributed by atoms with Gasteiger partial charge in [0.2, 0.25) is 0 Å². The smallest absolute Gasteiger partial charge is 0.339 e. The highest BCUT2D eigenvalue weighted by molar-refractivity contribution is 5.89. The number of hydrogen-bond acceptors (Lipinski definition) is 3. The zero-order valence-corrected chi connectivity index (χ0v) is 17.0. The maximum absolute atomic E-state index is 11.6. The van der Waals surface area contributed by atoms with Gasteiger partial charge in [0.05, 0.1) is 12.2 Å². The van der Waals surface area contributed by atoms with Crippen LogP contribution in [0.25, 0.3) is 0 Å². The first kappa shape index (κ1) is 20.7. The fourth-order valence-electron chi connectivity index (χ4n) is 2.74. The van der Waals surface area contributed by atoms with E-state index in [0.29, 0.717) is 17.9 Å². The second-order valence-corrected chi connectivity index (χ2v) is 7.80. The molecule has 0 N–H and O–H groups in total. The predicted octanol–water partition coefficient (Wildman–Crippen LogP) is 5.37. The van der Waals surface area contributed by atoms with Crippen LogP contribution in [-0.4, -0.2) is 17.6 Å². The Hall–Kier alpha value is -2.60. The summed E-state index contributed by atoms with van der Waals surface area (Å²) in [4.78, 5) is 15.9. The first-order chi connectivity index (χ1) is 12.8. The molecule has 0 spiro atoms. The standard InChI is InChI=1S/C24H29NO2/c1-6-27-23(26)20-10-14-22(25-17-20)13-9-19-7-11-21(12-8-19)24(4,5)16-15-18(2)3/h7-8,10-12,14,17-18H,6,15-16H2,1-5H3. The van der Waals surface area contributed by atoms with Gasteiger partial charge in [-0.25, -0.2) is 9.78 Å². The molecule has 0 fully saturated rings. The molecule has 1 aromatic carbocycles. The second kappa shape index (κ2) is 9.37. The van der Waals surface area contributed by atoms with Gasteiger partial charge in [0.25, 0.3) is 0 Å². The van der Waals surface area contributed by atoms with Crippen molar-refractivity contribution >= 4 is 5.97 Å². The summed E-state index contributed by atoms with van der Waals surface area (Å²) in [6, 6.07) is 11.9. The Kier molecular flexibility index (Phi) is 7.19. The van der Waals surface area contributed by atoms with Crippen LogP contribution in [0.15, 0.2) is 42.6 Å². The van der Waals surface area contributed by atoms with Gasteiger partial charge in [-0.05, 0) is 60.4 Å². The van der Waals surface area contributed by atoms with Crippen molar-refractivity contribution in [2.24, 2.45) is 5.92 Å². The van der Waals surface area contributed by atoms with Gasteiger partial charge in [-0.15, -0.1) is 0 Å². The van der Waals surface area contributed by atoms with Crippen molar-refractivity contribution in [1.82, 2.24) is 4.98 Å². The highest BCUT2D eigenvalue weighted by atomic mass is 16.5. The van der Waals surface area contributed by atoms with Gasteiger partial charge < -0.3 is 4.74 Å². The molecule has 0 aliphatic heterocycles. The third kappa shape index (κ3) is 6.25. The van der Waals surface area contributed by atoms with E-state index in [2.05, 4.69) is 68.8 Å². The molecule has 0 amide bonds. The van der Waals surface area contributed by atoms with Gasteiger partial charge in [-0.1, -0.05) is 52.2 Å². The molecule has 0 aliphatic rings. The summed E-state index contributed by atoms with van der Waals surface area (Å²) in [5.41, 5.74) is 3.53. The highest BCUT2D eigenvalue weighted by Gasteiger charge is 2.20. The van der Waals surface area contributed by atoms with E-state index in [4.69, 9.17) is 4.74 Å². The van der Waals surface area contributed by atoms with Crippen molar-refractivity contribution in [1.29, 1.82) is 0 Å². The molecule has 0 unspecified atom stereocenters. The number of pyridine rings is 1. The summed E-state index contributed by atoms with van der Waals surface area (Å²) in [6.07, 6.45) is 3.90. The van der Waals surface area contributed by atoms with Crippen molar-refractivity contribution in [3.05, 3.63) is 65.0 Å². The van der Waals surface area contributed by atoms with Crippen LogP contribution in [0.3, 0.4) is 0 Å². The van der Waals surface area contributed by atoms with Crippen LogP contribution in [0, 0.1) is 17.8 Å². The van der Waals surface area contributed by atoms with Gasteiger partial charge in [0, 0.05) is 11.8 Å². The fourth-order valence-corrected chi connectivity index (χ4v) is 2.74. The van der Waals surface area contributed by atoms with E-state index in [9.17, 15) is 4.79 Å². The number of ether oxygens (including phenoxy) is 1. The Morgan fingerprint density at radius 2 is 1.81 bits per heavy atom. The summed E-state index contributed by atoms with van der Waals surface area (Å²) in [5, 5.41) is 0. The number of hydrogen-bond donors (Lipinski definition) is 0. The third-order valence-corrected chi connectivity index (χ3v) is 4.62. The molecule has 27 heavy (non-hydrogen) atoms. The maximum atomic E-state index is 11.6. The minimum Gasteiger partial charge on any atom is -0.462 e. The average molecular weight is 364 g/mol. The number of aromatic nitrogens is 1. The van der Waals surface area contributed by atoms with Crippen LogP contribution in [0.4, 0.5) is 0 Å². The normalized spacial score (nSPS) is 11.0. The van der Waals surface area contributed by atoms with E-state index >= 15 is 0 Å². The molecule has 2 aromatic rings. The molecule has 0 aliphatic carbocycles. The van der Waals surface area contributed by atoms with Crippen LogP contribution >= 0.6 is 0 Å². The molecule has 0 atom stereocenters. The highest BCUT2D eigenvalue weighted by Crippen LogP contribution is 2.30. The molecule has 142 valence electrons. The van der Waals surface area contributed by atoms with E-state index in [1.54, 1.807) is 19.1 Å². The Morgan fingerprint density at radius 3 is 2.37 bits per heavy atom. The lowest BCUT2D eigenvalue weighted by Gasteiger charge is -2.26. The van der Waals surface area contributed by atoms with Gasteiger partial charge in [-0.3, -0.25) is 0 Å². The van der Waals surface area contributed by atoms with Gasteiger partial charge >= 0.3 is 5.97 Å². The Bertz CT molecular complexity index is 806. The SMILES string of the molecule is CCOC(=O)c1ccc(C#Cc2ccc(C(C)(C)CCC(C)C)cc2)nc1. The van der Waals surface area contributed by atoms with Gasteiger partial charge in [0.1, 0.15) is 5.69 Å². The Labute approximate surface area is 163 Å². The molecule has 3 nitrogen and oxygen atoms in total. The fraction of sp³-hybridized carbons (Fsp3) is 0.417. The molecule has 0 bridgehead atoms. The van der Waals surface area contributed by atoms with Crippen LogP contribution < -0.4 is 0 Å². The third-order valence-electron chi connectivity index (χ3n) is 4.62. The molecule has 1 aromatic heterocycles. The zero-order chi connectivity index (χ0) is 19.9. The van der Waals surface area contributed by atoms with E-state index in [1.807, 2.05) is 0 Å². The molecule has 1 heterocycles. The van der Waals surface area contributed by atoms with Crippen LogP contribution in [0.1, 0.15) is 74.6 Å². The Morgan fingerprint density at radius 1 is 1.11 bits per heavy atom. The quantitative estimate of drug-likeness (QED) is 0.511. The topological polar surface area (TPSA) is 39.2 Å². The molecule has 0 saturated heterocycles. The number of carbonyl (C=O) groups excluding carboxylic acids is 1. The number of benzene rings is 1. The Balaban J connectivity index is 2.06. The van der Waals surface area contributed by atoms with E-state index < -0.39 is 0 Å². The first-order valence-electron chi connectivity index (χ1n) is 9.57. The van der Waals surface area contributed by atoms with Crippen molar-refractivity contribution in [2.45, 2.75) is 52.9 Å². The van der Waals surface area contributed by atoms with Crippen molar-refractivity contribution in [3.63, 3.8) is 0 Å². The largest absolute Gasteiger partial charge is 0.462 e. The van der Waals surface area contributed by atoms with Crippen molar-refractivity contribution < 1.29 is 9.53 Å². The number of nitrogens with zero attached hydrogens (tertiary/aromatic N) is 1. The summed E-state index contributed by atoms with van der Waals surface area (Å²) in [6.45, 7) is 11.3. The summed E-state index contributed by atoms with van der Waals surface area (Å²) in [7, 11) is 0. The van der Waals surface area contributed by atoms with E-state index in [0.717, 1.165) is 11.5 Å². The second-order valence-electron chi connectivity index (χ2n) is 7.80. The van der Waals surface area contributed by atoms with Crippen LogP contribution in [0.5, 0.6) is 0 Å². The molecular weight excluding hydrogens is 334 g/mol. The number of rotatable bonds is 6. The van der Waals surface area contributed by atoms with E-state index in [1.165, 1.54) is 24.6 Å². The zero-order valence-electron chi connectivity index (χ0n) is 17.0. The van der Waals surface area contributed by atoms with Crippen LogP contribution in [-0.2, 0) is 10.2 Å². The van der Waals surface area contributed by atoms with Crippen LogP contribution in [0.2, 0.25) is 0 Å². The monoisotopic (exact) mass is 363 g/mol. The molecule has 2 rings (SSSR count). The van der Waals surface area contributed by atoms with Gasteiger partial charge in [-0.2, -0.15) is 0 Å². The summed E-state index contributed by atoms with van der Waals surface area (Å²) in [5.74, 6) is 6.54. The summed E-state index contributed by atoms with van der Waals surface area (Å²) >= 11 is 0. The molecular formula is C24H29NO2. The van der Waals surface area contributed by atoms with Crippen molar-refractivity contribution in [3.8, 4) is 11.8 Å². The predicted molar refractivity (Wildman–Crippen MR) is 110 cm³/mol. The minimum atomic E-state index is -0.361. The average Bonchev–Trinajstić information content (AvgIpc) is 2.66. The molecule has 0 saturated carbocycles. The lowest BCUT2D eigenvalue weighted by Crippen LogP contribution is -2.17. The molecule has 3 heteroatoms. The number of esters is 1. The molecule has 0 radical (unpaired) electrons.